The number of likely N-dealkylation sites (tertiary alicyclic amines) is 1. The maximum atomic E-state index is 6.15. The molecular weight excluding hydrogens is 336 g/mol. The molecule has 0 aliphatic carbocycles. The van der Waals surface area contributed by atoms with Crippen molar-refractivity contribution in [3.63, 3.8) is 0 Å². The quantitative estimate of drug-likeness (QED) is 0.595. The minimum absolute atomic E-state index is 0.159. The van der Waals surface area contributed by atoms with Crippen LogP contribution >= 0.6 is 0 Å². The third kappa shape index (κ3) is 5.69. The van der Waals surface area contributed by atoms with Crippen LogP contribution in [-0.2, 0) is 4.74 Å². The Morgan fingerprint density at radius 2 is 2.00 bits per heavy atom. The first kappa shape index (κ1) is 20.2. The van der Waals surface area contributed by atoms with Crippen LogP contribution in [0.3, 0.4) is 0 Å². The number of aryl methyl sites for hydroxylation is 1. The number of guanidine groups is 1. The van der Waals surface area contributed by atoms with Crippen LogP contribution in [-0.4, -0.2) is 56.7 Å². The van der Waals surface area contributed by atoms with E-state index in [1.54, 1.807) is 0 Å². The van der Waals surface area contributed by atoms with Crippen LogP contribution in [0.2, 0.25) is 0 Å². The van der Waals surface area contributed by atoms with E-state index in [1.165, 1.54) is 36.9 Å². The van der Waals surface area contributed by atoms with E-state index < -0.39 is 0 Å². The summed E-state index contributed by atoms with van der Waals surface area (Å²) in [5.41, 5.74) is 2.57. The number of hydrogen-bond donors (Lipinski definition) is 2. The first-order valence-electron chi connectivity index (χ1n) is 10.6. The van der Waals surface area contributed by atoms with Crippen LogP contribution in [0.1, 0.15) is 49.8 Å². The Kier molecular flexibility index (Phi) is 7.53. The zero-order valence-corrected chi connectivity index (χ0v) is 17.2. The van der Waals surface area contributed by atoms with E-state index >= 15 is 0 Å². The molecule has 2 fully saturated rings. The SMILES string of the molecule is CCNC(=NCC1CCCOC1c1ccc(C)cc1)NCC1CCCN1C. The van der Waals surface area contributed by atoms with Gasteiger partial charge < -0.3 is 20.3 Å². The van der Waals surface area contributed by atoms with E-state index in [9.17, 15) is 0 Å². The van der Waals surface area contributed by atoms with Gasteiger partial charge in [-0.15, -0.1) is 0 Å². The Labute approximate surface area is 164 Å². The Morgan fingerprint density at radius 3 is 2.70 bits per heavy atom. The van der Waals surface area contributed by atoms with E-state index in [1.807, 2.05) is 0 Å². The molecule has 3 atom stereocenters. The number of ether oxygens (including phenoxy) is 1. The van der Waals surface area contributed by atoms with E-state index in [2.05, 4.69) is 60.7 Å². The summed E-state index contributed by atoms with van der Waals surface area (Å²) in [7, 11) is 2.22. The van der Waals surface area contributed by atoms with Gasteiger partial charge in [0.05, 0.1) is 6.10 Å². The van der Waals surface area contributed by atoms with Crippen LogP contribution in [0.4, 0.5) is 0 Å². The second-order valence-electron chi connectivity index (χ2n) is 7.98. The third-order valence-electron chi connectivity index (χ3n) is 5.86. The maximum absolute atomic E-state index is 6.15. The monoisotopic (exact) mass is 372 g/mol. The highest BCUT2D eigenvalue weighted by Gasteiger charge is 2.27. The summed E-state index contributed by atoms with van der Waals surface area (Å²) in [6, 6.07) is 9.39. The van der Waals surface area contributed by atoms with Crippen molar-refractivity contribution in [1.29, 1.82) is 0 Å². The molecule has 27 heavy (non-hydrogen) atoms. The van der Waals surface area contributed by atoms with Gasteiger partial charge in [-0.2, -0.15) is 0 Å². The van der Waals surface area contributed by atoms with Gasteiger partial charge in [0.1, 0.15) is 0 Å². The van der Waals surface area contributed by atoms with Gasteiger partial charge in [-0.25, -0.2) is 0 Å². The molecule has 2 N–H and O–H groups in total. The molecular formula is C22H36N4O. The minimum atomic E-state index is 0.159. The van der Waals surface area contributed by atoms with E-state index in [0.29, 0.717) is 12.0 Å². The van der Waals surface area contributed by atoms with Crippen LogP contribution in [0.25, 0.3) is 0 Å². The molecule has 5 nitrogen and oxygen atoms in total. The molecule has 0 saturated carbocycles. The number of likely N-dealkylation sites (N-methyl/N-ethyl adjacent to an activating group) is 1. The highest BCUT2D eigenvalue weighted by Crippen LogP contribution is 2.33. The number of nitrogens with one attached hydrogen (secondary N) is 2. The molecule has 2 heterocycles. The molecule has 3 rings (SSSR count). The summed E-state index contributed by atoms with van der Waals surface area (Å²) in [6.45, 7) is 8.96. The topological polar surface area (TPSA) is 48.9 Å². The van der Waals surface area contributed by atoms with Gasteiger partial charge in [-0.05, 0) is 58.7 Å². The van der Waals surface area contributed by atoms with Crippen molar-refractivity contribution < 1.29 is 4.74 Å². The summed E-state index contributed by atoms with van der Waals surface area (Å²) in [5.74, 6) is 1.37. The molecule has 0 aromatic heterocycles. The predicted molar refractivity (Wildman–Crippen MR) is 112 cm³/mol. The number of aliphatic imine (C=N–C) groups is 1. The van der Waals surface area contributed by atoms with Gasteiger partial charge in [0.15, 0.2) is 5.96 Å². The lowest BCUT2D eigenvalue weighted by Gasteiger charge is -2.31. The summed E-state index contributed by atoms with van der Waals surface area (Å²) in [5, 5.41) is 6.95. The maximum Gasteiger partial charge on any atom is 0.191 e. The van der Waals surface area contributed by atoms with Crippen molar-refractivity contribution in [3.8, 4) is 0 Å². The fourth-order valence-electron chi connectivity index (χ4n) is 4.16. The minimum Gasteiger partial charge on any atom is -0.373 e. The standard InChI is InChI=1S/C22H36N4O/c1-4-23-22(25-16-20-8-5-13-26(20)3)24-15-19-7-6-14-27-21(19)18-11-9-17(2)10-12-18/h9-12,19-21H,4-8,13-16H2,1-3H3,(H2,23,24,25). The van der Waals surface area contributed by atoms with Crippen molar-refractivity contribution in [1.82, 2.24) is 15.5 Å². The first-order chi connectivity index (χ1) is 13.2. The second-order valence-corrected chi connectivity index (χ2v) is 7.98. The smallest absolute Gasteiger partial charge is 0.191 e. The van der Waals surface area contributed by atoms with Gasteiger partial charge in [-0.3, -0.25) is 4.99 Å². The zero-order valence-electron chi connectivity index (χ0n) is 17.2. The molecule has 2 saturated heterocycles. The van der Waals surface area contributed by atoms with Gasteiger partial charge in [0.2, 0.25) is 0 Å². The number of hydrogen-bond acceptors (Lipinski definition) is 3. The fourth-order valence-corrected chi connectivity index (χ4v) is 4.16. The summed E-state index contributed by atoms with van der Waals surface area (Å²) >= 11 is 0. The van der Waals surface area contributed by atoms with Crippen molar-refractivity contribution in [2.75, 3.05) is 39.8 Å². The molecule has 150 valence electrons. The highest BCUT2D eigenvalue weighted by molar-refractivity contribution is 5.79. The van der Waals surface area contributed by atoms with Gasteiger partial charge in [-0.1, -0.05) is 29.8 Å². The second kappa shape index (κ2) is 10.1. The summed E-state index contributed by atoms with van der Waals surface area (Å²) in [6.07, 6.45) is 5.03. The van der Waals surface area contributed by atoms with Crippen molar-refractivity contribution in [2.24, 2.45) is 10.9 Å². The Bertz CT molecular complexity index is 601. The van der Waals surface area contributed by atoms with Crippen molar-refractivity contribution >= 4 is 5.96 Å². The number of nitrogens with zero attached hydrogens (tertiary/aromatic N) is 2. The molecule has 3 unspecified atom stereocenters. The van der Waals surface area contributed by atoms with Crippen LogP contribution < -0.4 is 10.6 Å². The average Bonchev–Trinajstić information content (AvgIpc) is 3.10. The highest BCUT2D eigenvalue weighted by atomic mass is 16.5. The molecule has 0 bridgehead atoms. The fraction of sp³-hybridized carbons (Fsp3) is 0.682. The lowest BCUT2D eigenvalue weighted by atomic mass is 9.89. The zero-order chi connectivity index (χ0) is 19.1. The van der Waals surface area contributed by atoms with E-state index in [-0.39, 0.29) is 6.10 Å². The normalized spacial score (nSPS) is 26.9. The molecule has 0 amide bonds. The molecule has 2 aliphatic heterocycles. The first-order valence-corrected chi connectivity index (χ1v) is 10.6. The Morgan fingerprint density at radius 1 is 1.19 bits per heavy atom. The van der Waals surface area contributed by atoms with Crippen LogP contribution in [0, 0.1) is 12.8 Å². The average molecular weight is 373 g/mol. The summed E-state index contributed by atoms with van der Waals surface area (Å²) in [4.78, 5) is 7.36. The van der Waals surface area contributed by atoms with Crippen LogP contribution in [0.15, 0.2) is 29.3 Å². The molecule has 0 spiro atoms. The van der Waals surface area contributed by atoms with Crippen molar-refractivity contribution in [3.05, 3.63) is 35.4 Å². The lowest BCUT2D eigenvalue weighted by Crippen LogP contribution is -2.44. The van der Waals surface area contributed by atoms with Gasteiger partial charge in [0.25, 0.3) is 0 Å². The van der Waals surface area contributed by atoms with E-state index in [4.69, 9.17) is 9.73 Å². The number of rotatable bonds is 6. The lowest BCUT2D eigenvalue weighted by molar-refractivity contribution is -0.0250. The number of benzene rings is 1. The Balaban J connectivity index is 1.61. The van der Waals surface area contributed by atoms with Gasteiger partial charge in [0, 0.05) is 38.2 Å². The van der Waals surface area contributed by atoms with Crippen LogP contribution in [0.5, 0.6) is 0 Å². The Hall–Kier alpha value is -1.59. The molecule has 5 heteroatoms. The molecule has 2 aliphatic rings. The largest absolute Gasteiger partial charge is 0.373 e. The predicted octanol–water partition coefficient (Wildman–Crippen LogP) is 3.11. The molecule has 0 radical (unpaired) electrons. The van der Waals surface area contributed by atoms with E-state index in [0.717, 1.165) is 38.6 Å². The van der Waals surface area contributed by atoms with Gasteiger partial charge >= 0.3 is 0 Å². The summed E-state index contributed by atoms with van der Waals surface area (Å²) < 4.78 is 6.15. The third-order valence-corrected chi connectivity index (χ3v) is 5.86. The van der Waals surface area contributed by atoms with Crippen molar-refractivity contribution in [2.45, 2.75) is 51.7 Å². The molecule has 1 aromatic carbocycles. The molecule has 1 aromatic rings.